The van der Waals surface area contributed by atoms with Crippen LogP contribution in [0.1, 0.15) is 22.3 Å². The van der Waals surface area contributed by atoms with Crippen LogP contribution in [0.2, 0.25) is 0 Å². The molecule has 2 aromatic carbocycles. The van der Waals surface area contributed by atoms with Crippen LogP contribution >= 0.6 is 15.9 Å². The Morgan fingerprint density at radius 3 is 2.20 bits per heavy atom. The van der Waals surface area contributed by atoms with Gasteiger partial charge in [0.05, 0.1) is 0 Å². The lowest BCUT2D eigenvalue weighted by molar-refractivity contribution is 0.556. The molecule has 0 bridgehead atoms. The zero-order chi connectivity index (χ0) is 14.5. The van der Waals surface area contributed by atoms with Gasteiger partial charge in [0.1, 0.15) is 0 Å². The molecule has 2 aromatic rings. The Labute approximate surface area is 130 Å². The van der Waals surface area contributed by atoms with Crippen molar-refractivity contribution >= 4 is 15.9 Å². The average molecular weight is 332 g/mol. The predicted molar refractivity (Wildman–Crippen MR) is 90.3 cm³/mol. The Morgan fingerprint density at radius 2 is 1.60 bits per heavy atom. The first kappa shape index (κ1) is 15.3. The van der Waals surface area contributed by atoms with E-state index in [0.717, 1.165) is 17.3 Å². The number of hydrogen-bond donors (Lipinski definition) is 1. The summed E-state index contributed by atoms with van der Waals surface area (Å²) in [6, 6.07) is 15.8. The topological polar surface area (TPSA) is 12.0 Å². The second-order valence-corrected chi connectivity index (χ2v) is 6.44. The SMILES string of the molecule is CNC(Cc1cc(C)cc(C)c1)Cc1cccc(Br)c1. The molecule has 0 amide bonds. The minimum absolute atomic E-state index is 0.463. The lowest BCUT2D eigenvalue weighted by atomic mass is 9.97. The summed E-state index contributed by atoms with van der Waals surface area (Å²) in [5.74, 6) is 0. The fourth-order valence-electron chi connectivity index (χ4n) is 2.70. The van der Waals surface area contributed by atoms with Gasteiger partial charge in [0.25, 0.3) is 0 Å². The van der Waals surface area contributed by atoms with Gasteiger partial charge in [0.15, 0.2) is 0 Å². The van der Waals surface area contributed by atoms with Crippen molar-refractivity contribution in [1.82, 2.24) is 5.32 Å². The first-order valence-corrected chi connectivity index (χ1v) is 7.85. The third-order valence-corrected chi connectivity index (χ3v) is 4.04. The quantitative estimate of drug-likeness (QED) is 0.854. The third kappa shape index (κ3) is 4.46. The summed E-state index contributed by atoms with van der Waals surface area (Å²) in [7, 11) is 2.05. The van der Waals surface area contributed by atoms with Crippen molar-refractivity contribution in [3.63, 3.8) is 0 Å². The highest BCUT2D eigenvalue weighted by atomic mass is 79.9. The van der Waals surface area contributed by atoms with Crippen LogP contribution in [0.25, 0.3) is 0 Å². The van der Waals surface area contributed by atoms with Crippen LogP contribution in [0.3, 0.4) is 0 Å². The van der Waals surface area contributed by atoms with E-state index < -0.39 is 0 Å². The van der Waals surface area contributed by atoms with Crippen LogP contribution in [-0.2, 0) is 12.8 Å². The molecule has 0 saturated heterocycles. The van der Waals surface area contributed by atoms with E-state index in [1.54, 1.807) is 0 Å². The standard InChI is InChI=1S/C18H22BrN/c1-13-7-14(2)9-16(8-13)12-18(20-3)11-15-5-4-6-17(19)10-15/h4-10,18,20H,11-12H2,1-3H3. The fraction of sp³-hybridized carbons (Fsp3) is 0.333. The Morgan fingerprint density at radius 1 is 0.950 bits per heavy atom. The van der Waals surface area contributed by atoms with Crippen LogP contribution < -0.4 is 5.32 Å². The van der Waals surface area contributed by atoms with Gasteiger partial charge in [-0.25, -0.2) is 0 Å². The highest BCUT2D eigenvalue weighted by molar-refractivity contribution is 9.10. The number of hydrogen-bond acceptors (Lipinski definition) is 1. The van der Waals surface area contributed by atoms with Crippen molar-refractivity contribution in [3.05, 3.63) is 69.2 Å². The average Bonchev–Trinajstić information content (AvgIpc) is 2.36. The van der Waals surface area contributed by atoms with Crippen LogP contribution in [-0.4, -0.2) is 13.1 Å². The molecule has 0 aliphatic rings. The number of likely N-dealkylation sites (N-methyl/N-ethyl adjacent to an activating group) is 1. The van der Waals surface area contributed by atoms with E-state index >= 15 is 0 Å². The number of aryl methyl sites for hydroxylation is 2. The molecule has 1 atom stereocenters. The first-order valence-electron chi connectivity index (χ1n) is 7.05. The lowest BCUT2D eigenvalue weighted by Crippen LogP contribution is -2.30. The highest BCUT2D eigenvalue weighted by Crippen LogP contribution is 2.16. The maximum Gasteiger partial charge on any atom is 0.0178 e. The zero-order valence-electron chi connectivity index (χ0n) is 12.4. The molecular weight excluding hydrogens is 310 g/mol. The lowest BCUT2D eigenvalue weighted by Gasteiger charge is -2.17. The van der Waals surface area contributed by atoms with Gasteiger partial charge in [-0.3, -0.25) is 0 Å². The summed E-state index contributed by atoms with van der Waals surface area (Å²) in [6.07, 6.45) is 2.11. The van der Waals surface area contributed by atoms with Crippen molar-refractivity contribution in [2.24, 2.45) is 0 Å². The second-order valence-electron chi connectivity index (χ2n) is 5.52. The molecule has 0 aromatic heterocycles. The number of benzene rings is 2. The van der Waals surface area contributed by atoms with Crippen LogP contribution in [0.5, 0.6) is 0 Å². The van der Waals surface area contributed by atoms with Crippen molar-refractivity contribution in [3.8, 4) is 0 Å². The zero-order valence-corrected chi connectivity index (χ0v) is 14.0. The summed E-state index contributed by atoms with van der Waals surface area (Å²) in [5.41, 5.74) is 5.47. The molecule has 1 unspecified atom stereocenters. The molecule has 2 heteroatoms. The van der Waals surface area contributed by atoms with E-state index in [0.29, 0.717) is 6.04 Å². The van der Waals surface area contributed by atoms with Crippen molar-refractivity contribution in [2.45, 2.75) is 32.7 Å². The summed E-state index contributed by atoms with van der Waals surface area (Å²) >= 11 is 3.54. The third-order valence-electron chi connectivity index (χ3n) is 3.54. The van der Waals surface area contributed by atoms with Gasteiger partial charge < -0.3 is 5.32 Å². The fourth-order valence-corrected chi connectivity index (χ4v) is 3.14. The van der Waals surface area contributed by atoms with E-state index in [2.05, 4.69) is 77.6 Å². The molecule has 106 valence electrons. The number of halogens is 1. The van der Waals surface area contributed by atoms with Gasteiger partial charge in [-0.05, 0) is 57.0 Å². The minimum Gasteiger partial charge on any atom is -0.316 e. The molecule has 0 heterocycles. The normalized spacial score (nSPS) is 12.4. The van der Waals surface area contributed by atoms with E-state index in [1.807, 2.05) is 7.05 Å². The largest absolute Gasteiger partial charge is 0.316 e. The van der Waals surface area contributed by atoms with Crippen molar-refractivity contribution in [1.29, 1.82) is 0 Å². The first-order chi connectivity index (χ1) is 9.56. The molecule has 0 radical (unpaired) electrons. The summed E-state index contributed by atoms with van der Waals surface area (Å²) in [4.78, 5) is 0. The van der Waals surface area contributed by atoms with Crippen molar-refractivity contribution < 1.29 is 0 Å². The smallest absolute Gasteiger partial charge is 0.0178 e. The Hall–Kier alpha value is -1.12. The van der Waals surface area contributed by atoms with Gasteiger partial charge in [-0.2, -0.15) is 0 Å². The van der Waals surface area contributed by atoms with Gasteiger partial charge in [0, 0.05) is 10.5 Å². The second kappa shape index (κ2) is 7.05. The molecule has 0 aliphatic heterocycles. The Bertz CT molecular complexity index is 557. The van der Waals surface area contributed by atoms with E-state index in [4.69, 9.17) is 0 Å². The number of rotatable bonds is 5. The predicted octanol–water partition coefficient (Wildman–Crippen LogP) is 4.44. The van der Waals surface area contributed by atoms with Crippen molar-refractivity contribution in [2.75, 3.05) is 7.05 Å². The molecule has 0 saturated carbocycles. The van der Waals surface area contributed by atoms with Gasteiger partial charge in [-0.1, -0.05) is 57.4 Å². The summed E-state index contributed by atoms with van der Waals surface area (Å²) < 4.78 is 1.15. The van der Waals surface area contributed by atoms with Gasteiger partial charge in [0.2, 0.25) is 0 Å². The van der Waals surface area contributed by atoms with Gasteiger partial charge >= 0.3 is 0 Å². The molecule has 1 N–H and O–H groups in total. The molecular formula is C18H22BrN. The molecule has 0 fully saturated rings. The monoisotopic (exact) mass is 331 g/mol. The van der Waals surface area contributed by atoms with Gasteiger partial charge in [-0.15, -0.1) is 0 Å². The van der Waals surface area contributed by atoms with Crippen LogP contribution in [0, 0.1) is 13.8 Å². The van der Waals surface area contributed by atoms with Crippen LogP contribution in [0.4, 0.5) is 0 Å². The molecule has 1 nitrogen and oxygen atoms in total. The molecule has 2 rings (SSSR count). The molecule has 0 spiro atoms. The maximum absolute atomic E-state index is 3.54. The molecule has 0 aliphatic carbocycles. The van der Waals surface area contributed by atoms with E-state index in [1.165, 1.54) is 22.3 Å². The molecule has 20 heavy (non-hydrogen) atoms. The van der Waals surface area contributed by atoms with Crippen LogP contribution in [0.15, 0.2) is 46.9 Å². The minimum atomic E-state index is 0.463. The van der Waals surface area contributed by atoms with E-state index in [9.17, 15) is 0 Å². The Balaban J connectivity index is 2.09. The number of nitrogens with one attached hydrogen (secondary N) is 1. The highest BCUT2D eigenvalue weighted by Gasteiger charge is 2.09. The summed E-state index contributed by atoms with van der Waals surface area (Å²) in [5, 5.41) is 3.44. The Kier molecular flexibility index (Phi) is 5.38. The summed E-state index contributed by atoms with van der Waals surface area (Å²) in [6.45, 7) is 4.33. The maximum atomic E-state index is 3.54. The van der Waals surface area contributed by atoms with E-state index in [-0.39, 0.29) is 0 Å².